The van der Waals surface area contributed by atoms with Gasteiger partial charge in [0.2, 0.25) is 0 Å². The lowest BCUT2D eigenvalue weighted by molar-refractivity contribution is -0.156. The Morgan fingerprint density at radius 2 is 1.84 bits per heavy atom. The third-order valence-corrected chi connectivity index (χ3v) is 8.30. The van der Waals surface area contributed by atoms with Crippen molar-refractivity contribution in [1.29, 1.82) is 0 Å². The molecule has 0 bridgehead atoms. The number of anilines is 1. The van der Waals surface area contributed by atoms with Crippen LogP contribution >= 0.6 is 0 Å². The van der Waals surface area contributed by atoms with Crippen LogP contribution in [-0.4, -0.2) is 39.9 Å². The molecule has 0 spiro atoms. The fourth-order valence-corrected chi connectivity index (χ4v) is 6.13. The Kier molecular flexibility index (Phi) is 9.53. The molecule has 0 aliphatic carbocycles. The van der Waals surface area contributed by atoms with E-state index in [9.17, 15) is 31.1 Å². The Morgan fingerprint density at radius 1 is 1.13 bits per heavy atom. The lowest BCUT2D eigenvalue weighted by Crippen LogP contribution is -2.59. The van der Waals surface area contributed by atoms with Crippen LogP contribution in [0.4, 0.5) is 32.0 Å². The number of carbonyl (C=O) groups excluding carboxylic acids is 1. The number of nitrogens with zero attached hydrogens (tertiary/aromatic N) is 3. The zero-order valence-corrected chi connectivity index (χ0v) is 25.7. The Balaban J connectivity index is 1.83. The van der Waals surface area contributed by atoms with E-state index in [4.69, 9.17) is 0 Å². The van der Waals surface area contributed by atoms with Gasteiger partial charge in [0.05, 0.1) is 28.9 Å². The van der Waals surface area contributed by atoms with Crippen molar-refractivity contribution in [3.8, 4) is 0 Å². The van der Waals surface area contributed by atoms with Crippen molar-refractivity contribution in [2.75, 3.05) is 11.9 Å². The SMILES string of the molecule is C=CN=C(/C=C(\C)C(F)(F)F)c1cc(C(F)(F)F)ccc1NC(=C)C1=C(CC)C2(C)CCCN2N(Cc2cccc(C)c2)C1=O. The van der Waals surface area contributed by atoms with Crippen molar-refractivity contribution in [2.45, 2.75) is 71.4 Å². The first-order valence-electron chi connectivity index (χ1n) is 14.5. The Hall–Kier alpha value is -4.12. The number of hydrogen-bond acceptors (Lipinski definition) is 4. The predicted octanol–water partition coefficient (Wildman–Crippen LogP) is 8.90. The molecule has 45 heavy (non-hydrogen) atoms. The molecule has 2 aliphatic rings. The molecule has 2 aromatic rings. The molecular formula is C34H36F6N4O. The van der Waals surface area contributed by atoms with Crippen LogP contribution < -0.4 is 5.32 Å². The first kappa shape index (κ1) is 33.8. The lowest BCUT2D eigenvalue weighted by atomic mass is 9.81. The average Bonchev–Trinajstić information content (AvgIpc) is 3.35. The summed E-state index contributed by atoms with van der Waals surface area (Å²) in [4.78, 5) is 18.2. The minimum atomic E-state index is -4.78. The number of amides is 1. The second kappa shape index (κ2) is 12.7. The summed E-state index contributed by atoms with van der Waals surface area (Å²) >= 11 is 0. The molecule has 1 atom stereocenters. The van der Waals surface area contributed by atoms with E-state index in [1.165, 1.54) is 0 Å². The van der Waals surface area contributed by atoms with Gasteiger partial charge in [-0.1, -0.05) is 49.9 Å². The first-order chi connectivity index (χ1) is 21.0. The number of nitrogens with one attached hydrogen (secondary N) is 1. The van der Waals surface area contributed by atoms with Crippen LogP contribution in [0.2, 0.25) is 0 Å². The Bertz CT molecular complexity index is 1600. The number of alkyl halides is 6. The van der Waals surface area contributed by atoms with Crippen molar-refractivity contribution >= 4 is 17.3 Å². The number of aryl methyl sites for hydroxylation is 1. The minimum absolute atomic E-state index is 0.000170. The molecule has 5 nitrogen and oxygen atoms in total. The normalized spacial score (nSPS) is 20.0. The van der Waals surface area contributed by atoms with E-state index in [0.717, 1.165) is 60.9 Å². The van der Waals surface area contributed by atoms with Gasteiger partial charge >= 0.3 is 12.4 Å². The van der Waals surface area contributed by atoms with Crippen molar-refractivity contribution in [3.63, 3.8) is 0 Å². The van der Waals surface area contributed by atoms with Gasteiger partial charge in [0.1, 0.15) is 0 Å². The molecule has 2 heterocycles. The monoisotopic (exact) mass is 630 g/mol. The number of halogens is 6. The van der Waals surface area contributed by atoms with Gasteiger partial charge in [-0.05, 0) is 75.4 Å². The number of carbonyl (C=O) groups is 1. The third kappa shape index (κ3) is 6.93. The summed E-state index contributed by atoms with van der Waals surface area (Å²) in [5.74, 6) is -0.327. The number of allylic oxidation sites excluding steroid dienone is 2. The highest BCUT2D eigenvalue weighted by atomic mass is 19.4. The van der Waals surface area contributed by atoms with Crippen LogP contribution in [0, 0.1) is 6.92 Å². The largest absolute Gasteiger partial charge is 0.416 e. The molecule has 1 fully saturated rings. The molecular weight excluding hydrogens is 594 g/mol. The number of rotatable bonds is 9. The number of hydrogen-bond donors (Lipinski definition) is 1. The Morgan fingerprint density at radius 3 is 2.44 bits per heavy atom. The maximum atomic E-state index is 14.3. The van der Waals surface area contributed by atoms with Gasteiger partial charge < -0.3 is 5.32 Å². The number of aliphatic imine (C=N–C) groups is 1. The second-order valence-electron chi connectivity index (χ2n) is 11.4. The molecule has 0 aromatic heterocycles. The van der Waals surface area contributed by atoms with E-state index in [1.54, 1.807) is 5.01 Å². The van der Waals surface area contributed by atoms with Gasteiger partial charge in [-0.25, -0.2) is 5.01 Å². The van der Waals surface area contributed by atoms with Crippen molar-refractivity contribution in [2.24, 2.45) is 4.99 Å². The van der Waals surface area contributed by atoms with Gasteiger partial charge in [-0.15, -0.1) is 0 Å². The average molecular weight is 631 g/mol. The lowest BCUT2D eigenvalue weighted by Gasteiger charge is -2.49. The van der Waals surface area contributed by atoms with Gasteiger partial charge in [0.25, 0.3) is 5.91 Å². The molecule has 1 amide bonds. The molecule has 1 unspecified atom stereocenters. The number of benzene rings is 2. The van der Waals surface area contributed by atoms with E-state index in [1.807, 2.05) is 38.1 Å². The van der Waals surface area contributed by atoms with E-state index < -0.39 is 34.7 Å². The fourth-order valence-electron chi connectivity index (χ4n) is 6.13. The summed E-state index contributed by atoms with van der Waals surface area (Å²) in [7, 11) is 0. The molecule has 2 aliphatic heterocycles. The highest BCUT2D eigenvalue weighted by molar-refractivity contribution is 6.13. The van der Waals surface area contributed by atoms with Gasteiger partial charge in [0.15, 0.2) is 0 Å². The zero-order chi connectivity index (χ0) is 33.3. The fraction of sp³-hybridized carbons (Fsp3) is 0.353. The Labute approximate surface area is 259 Å². The topological polar surface area (TPSA) is 47.9 Å². The molecule has 1 saturated heterocycles. The van der Waals surface area contributed by atoms with Crippen LogP contribution in [0.15, 0.2) is 95.3 Å². The standard InChI is InChI=1S/C34H36F6N4O/c1-7-27-30(31(45)43(44-16-10-15-32(27,44)6)20-24-12-9-11-21(3)17-24)23(5)42-28-14-13-25(34(38,39)40)19-26(28)29(41-8-2)18-22(4)33(35,36)37/h8-9,11-14,17-19,42H,2,5,7,10,15-16,20H2,1,3-4,6H3/b22-18+,41-29?. The van der Waals surface area contributed by atoms with Gasteiger partial charge in [-0.3, -0.25) is 14.8 Å². The highest BCUT2D eigenvalue weighted by Crippen LogP contribution is 2.45. The van der Waals surface area contributed by atoms with E-state index >= 15 is 0 Å². The third-order valence-electron chi connectivity index (χ3n) is 8.30. The van der Waals surface area contributed by atoms with E-state index in [2.05, 4.69) is 35.4 Å². The van der Waals surface area contributed by atoms with Crippen LogP contribution in [0.1, 0.15) is 62.3 Å². The van der Waals surface area contributed by atoms with Crippen molar-refractivity contribution < 1.29 is 31.1 Å². The minimum Gasteiger partial charge on any atom is -0.355 e. The summed E-state index contributed by atoms with van der Waals surface area (Å²) in [6.07, 6.45) is -5.78. The predicted molar refractivity (Wildman–Crippen MR) is 164 cm³/mol. The van der Waals surface area contributed by atoms with Crippen LogP contribution in [0.25, 0.3) is 0 Å². The van der Waals surface area contributed by atoms with Crippen LogP contribution in [0.5, 0.6) is 0 Å². The second-order valence-corrected chi connectivity index (χ2v) is 11.4. The summed E-state index contributed by atoms with van der Waals surface area (Å²) in [6.45, 7) is 15.3. The summed E-state index contributed by atoms with van der Waals surface area (Å²) in [5, 5.41) is 6.75. The quantitative estimate of drug-likeness (QED) is 0.222. The summed E-state index contributed by atoms with van der Waals surface area (Å²) in [6, 6.07) is 10.5. The van der Waals surface area contributed by atoms with Crippen LogP contribution in [-0.2, 0) is 17.5 Å². The van der Waals surface area contributed by atoms with E-state index in [0.29, 0.717) is 31.2 Å². The molecule has 0 radical (unpaired) electrons. The van der Waals surface area contributed by atoms with E-state index in [-0.39, 0.29) is 22.9 Å². The zero-order valence-electron chi connectivity index (χ0n) is 25.7. The molecule has 4 rings (SSSR count). The molecule has 1 N–H and O–H groups in total. The molecule has 2 aromatic carbocycles. The number of hydrazine groups is 1. The van der Waals surface area contributed by atoms with Crippen molar-refractivity contribution in [1.82, 2.24) is 10.0 Å². The highest BCUT2D eigenvalue weighted by Gasteiger charge is 2.50. The molecule has 11 heteroatoms. The van der Waals surface area contributed by atoms with Gasteiger partial charge in [0, 0.05) is 35.3 Å². The summed E-state index contributed by atoms with van der Waals surface area (Å²) in [5.41, 5.74) is -0.112. The first-order valence-corrected chi connectivity index (χ1v) is 14.5. The molecule has 240 valence electrons. The maximum Gasteiger partial charge on any atom is 0.416 e. The smallest absolute Gasteiger partial charge is 0.355 e. The van der Waals surface area contributed by atoms with Gasteiger partial charge in [-0.2, -0.15) is 26.3 Å². The van der Waals surface area contributed by atoms with Crippen LogP contribution in [0.3, 0.4) is 0 Å². The number of fused-ring (bicyclic) bond motifs is 1. The van der Waals surface area contributed by atoms with Crippen molar-refractivity contribution in [3.05, 3.63) is 113 Å². The molecule has 0 saturated carbocycles. The summed E-state index contributed by atoms with van der Waals surface area (Å²) < 4.78 is 81.7. The maximum absolute atomic E-state index is 14.3.